The van der Waals surface area contributed by atoms with E-state index in [1.807, 2.05) is 38.2 Å². The van der Waals surface area contributed by atoms with Crippen molar-refractivity contribution in [3.63, 3.8) is 0 Å². The Morgan fingerprint density at radius 3 is 2.80 bits per heavy atom. The van der Waals surface area contributed by atoms with Crippen molar-refractivity contribution in [1.29, 1.82) is 5.26 Å². The fourth-order valence-electron chi connectivity index (χ4n) is 3.20. The number of hydrogen-bond donors (Lipinski definition) is 4. The van der Waals surface area contributed by atoms with Crippen molar-refractivity contribution in [3.8, 4) is 6.07 Å². The first-order valence-corrected chi connectivity index (χ1v) is 9.37. The summed E-state index contributed by atoms with van der Waals surface area (Å²) in [6.07, 6.45) is 1.07. The van der Waals surface area contributed by atoms with E-state index in [2.05, 4.69) is 26.0 Å². The highest BCUT2D eigenvalue weighted by molar-refractivity contribution is 5.83. The van der Waals surface area contributed by atoms with Crippen LogP contribution >= 0.6 is 0 Å². The number of carbonyl (C=O) groups is 1. The average molecular weight is 411 g/mol. The van der Waals surface area contributed by atoms with Crippen molar-refractivity contribution in [3.05, 3.63) is 41.8 Å². The molecule has 0 aliphatic carbocycles. The normalized spacial score (nSPS) is 12.8. The van der Waals surface area contributed by atoms with E-state index < -0.39 is 24.0 Å². The molecule has 0 bridgehead atoms. The summed E-state index contributed by atoms with van der Waals surface area (Å²) in [6.45, 7) is 3.55. The van der Waals surface area contributed by atoms with Gasteiger partial charge in [0, 0.05) is 24.2 Å². The zero-order valence-electron chi connectivity index (χ0n) is 16.8. The number of benzene rings is 1. The number of nitrogens with one attached hydrogen (secondary N) is 3. The fraction of sp³-hybridized carbons (Fsp3) is 0.300. The Balaban J connectivity index is 1.88. The standard InChI is InChI=1S/C20H22FN7O2/c1-4-16(26-20(29)30)11(2)24-19-15(21)8-12(9-22)18(27-19)25-14-5-6-17-13(7-14)10-23-28(17)3/h5-8,10-11,16,26H,4H2,1-3H3,(H,29,30)(H2,24,25,27)/t11-,16+/m1/s1. The van der Waals surface area contributed by atoms with E-state index in [0.29, 0.717) is 12.1 Å². The van der Waals surface area contributed by atoms with Crippen LogP contribution in [0.4, 0.5) is 26.5 Å². The number of rotatable bonds is 7. The summed E-state index contributed by atoms with van der Waals surface area (Å²) in [5, 5.41) is 31.8. The Bertz CT molecular complexity index is 1120. The second-order valence-electron chi connectivity index (χ2n) is 6.89. The summed E-state index contributed by atoms with van der Waals surface area (Å²) in [4.78, 5) is 15.2. The lowest BCUT2D eigenvalue weighted by Gasteiger charge is -2.24. The minimum Gasteiger partial charge on any atom is -0.465 e. The van der Waals surface area contributed by atoms with Crippen LogP contribution in [0.2, 0.25) is 0 Å². The fourth-order valence-corrected chi connectivity index (χ4v) is 3.20. The third-order valence-electron chi connectivity index (χ3n) is 4.82. The lowest BCUT2D eigenvalue weighted by molar-refractivity contribution is 0.188. The number of aromatic nitrogens is 3. The van der Waals surface area contributed by atoms with Crippen molar-refractivity contribution in [2.24, 2.45) is 7.05 Å². The Morgan fingerprint density at radius 1 is 1.37 bits per heavy atom. The molecule has 2 atom stereocenters. The van der Waals surface area contributed by atoms with Crippen molar-refractivity contribution in [1.82, 2.24) is 20.1 Å². The molecule has 0 radical (unpaired) electrons. The molecule has 1 aromatic carbocycles. The summed E-state index contributed by atoms with van der Waals surface area (Å²) >= 11 is 0. The zero-order chi connectivity index (χ0) is 21.8. The van der Waals surface area contributed by atoms with Crippen LogP contribution in [0, 0.1) is 17.1 Å². The first-order chi connectivity index (χ1) is 14.3. The highest BCUT2D eigenvalue weighted by Gasteiger charge is 2.20. The van der Waals surface area contributed by atoms with E-state index in [0.717, 1.165) is 17.0 Å². The number of anilines is 3. The van der Waals surface area contributed by atoms with Crippen LogP contribution in [-0.2, 0) is 7.05 Å². The van der Waals surface area contributed by atoms with Crippen molar-refractivity contribution in [2.75, 3.05) is 10.6 Å². The van der Waals surface area contributed by atoms with Gasteiger partial charge in [-0.25, -0.2) is 14.2 Å². The molecule has 0 fully saturated rings. The van der Waals surface area contributed by atoms with Gasteiger partial charge in [0.05, 0.1) is 23.3 Å². The maximum absolute atomic E-state index is 14.5. The molecule has 2 aromatic heterocycles. The van der Waals surface area contributed by atoms with Gasteiger partial charge in [0.15, 0.2) is 17.5 Å². The molecule has 9 nitrogen and oxygen atoms in total. The molecule has 0 spiro atoms. The summed E-state index contributed by atoms with van der Waals surface area (Å²) in [5.41, 5.74) is 1.66. The number of fused-ring (bicyclic) bond motifs is 1. The van der Waals surface area contributed by atoms with Gasteiger partial charge in [-0.2, -0.15) is 10.4 Å². The van der Waals surface area contributed by atoms with Crippen molar-refractivity contribution >= 4 is 34.3 Å². The summed E-state index contributed by atoms with van der Waals surface area (Å²) in [7, 11) is 1.84. The number of nitriles is 1. The quantitative estimate of drug-likeness (QED) is 0.468. The number of carboxylic acid groups (broad SMARTS) is 1. The Hall–Kier alpha value is -3.87. The van der Waals surface area contributed by atoms with E-state index in [-0.39, 0.29) is 17.2 Å². The number of hydrogen-bond acceptors (Lipinski definition) is 6. The first kappa shape index (κ1) is 20.9. The van der Waals surface area contributed by atoms with Crippen LogP contribution in [0.5, 0.6) is 0 Å². The molecule has 10 heteroatoms. The molecule has 0 unspecified atom stereocenters. The molecule has 3 aromatic rings. The van der Waals surface area contributed by atoms with Crippen molar-refractivity contribution < 1.29 is 14.3 Å². The van der Waals surface area contributed by atoms with E-state index in [1.54, 1.807) is 17.8 Å². The SMILES string of the molecule is CC[C@H](NC(=O)O)[C@@H](C)Nc1nc(Nc2ccc3c(cnn3C)c2)c(C#N)cc1F. The van der Waals surface area contributed by atoms with Crippen LogP contribution in [0.1, 0.15) is 25.8 Å². The molecular weight excluding hydrogens is 389 g/mol. The number of aryl methyl sites for hydroxylation is 1. The van der Waals surface area contributed by atoms with Gasteiger partial charge in [0.2, 0.25) is 0 Å². The molecule has 3 rings (SSSR count). The molecule has 1 amide bonds. The van der Waals surface area contributed by atoms with Gasteiger partial charge >= 0.3 is 6.09 Å². The Kier molecular flexibility index (Phi) is 6.01. The number of halogens is 1. The first-order valence-electron chi connectivity index (χ1n) is 9.37. The summed E-state index contributed by atoms with van der Waals surface area (Å²) in [5.74, 6) is -0.579. The Labute approximate surface area is 172 Å². The molecule has 2 heterocycles. The largest absolute Gasteiger partial charge is 0.465 e. The number of nitrogens with zero attached hydrogens (tertiary/aromatic N) is 4. The molecule has 156 valence electrons. The molecular formula is C20H22FN7O2. The van der Waals surface area contributed by atoms with Gasteiger partial charge < -0.3 is 21.1 Å². The van der Waals surface area contributed by atoms with Gasteiger partial charge in [0.1, 0.15) is 6.07 Å². The monoisotopic (exact) mass is 411 g/mol. The van der Waals surface area contributed by atoms with Gasteiger partial charge in [-0.3, -0.25) is 4.68 Å². The average Bonchev–Trinajstić information content (AvgIpc) is 3.08. The van der Waals surface area contributed by atoms with Crippen LogP contribution in [-0.4, -0.2) is 38.0 Å². The smallest absolute Gasteiger partial charge is 0.404 e. The zero-order valence-corrected chi connectivity index (χ0v) is 16.8. The van der Waals surface area contributed by atoms with E-state index >= 15 is 0 Å². The minimum absolute atomic E-state index is 0.0488. The van der Waals surface area contributed by atoms with Crippen LogP contribution < -0.4 is 16.0 Å². The third-order valence-corrected chi connectivity index (χ3v) is 4.82. The molecule has 30 heavy (non-hydrogen) atoms. The second-order valence-corrected chi connectivity index (χ2v) is 6.89. The summed E-state index contributed by atoms with van der Waals surface area (Å²) < 4.78 is 16.3. The second kappa shape index (κ2) is 8.65. The van der Waals surface area contributed by atoms with Gasteiger partial charge in [0.25, 0.3) is 0 Å². The molecule has 0 saturated heterocycles. The molecule has 0 saturated carbocycles. The summed E-state index contributed by atoms with van der Waals surface area (Å²) in [6, 6.07) is 7.71. The minimum atomic E-state index is -1.16. The van der Waals surface area contributed by atoms with Crippen LogP contribution in [0.3, 0.4) is 0 Å². The lowest BCUT2D eigenvalue weighted by Crippen LogP contribution is -2.44. The highest BCUT2D eigenvalue weighted by atomic mass is 19.1. The maximum Gasteiger partial charge on any atom is 0.404 e. The molecule has 4 N–H and O–H groups in total. The van der Waals surface area contributed by atoms with Crippen LogP contribution in [0.25, 0.3) is 10.9 Å². The van der Waals surface area contributed by atoms with Gasteiger partial charge in [-0.15, -0.1) is 0 Å². The van der Waals surface area contributed by atoms with Gasteiger partial charge in [-0.05, 0) is 37.6 Å². The predicted octanol–water partition coefficient (Wildman–Crippen LogP) is 3.57. The number of pyridine rings is 1. The third kappa shape index (κ3) is 4.41. The molecule has 0 aliphatic heterocycles. The topological polar surface area (TPSA) is 128 Å². The lowest BCUT2D eigenvalue weighted by atomic mass is 10.1. The maximum atomic E-state index is 14.5. The predicted molar refractivity (Wildman–Crippen MR) is 111 cm³/mol. The van der Waals surface area contributed by atoms with Crippen molar-refractivity contribution in [2.45, 2.75) is 32.4 Å². The van der Waals surface area contributed by atoms with E-state index in [9.17, 15) is 14.4 Å². The van der Waals surface area contributed by atoms with E-state index in [1.165, 1.54) is 0 Å². The van der Waals surface area contributed by atoms with Crippen LogP contribution in [0.15, 0.2) is 30.5 Å². The highest BCUT2D eigenvalue weighted by Crippen LogP contribution is 2.26. The number of amides is 1. The van der Waals surface area contributed by atoms with E-state index in [4.69, 9.17) is 5.11 Å². The van der Waals surface area contributed by atoms with Gasteiger partial charge in [-0.1, -0.05) is 6.92 Å². The molecule has 0 aliphatic rings. The Morgan fingerprint density at radius 2 is 2.13 bits per heavy atom.